The van der Waals surface area contributed by atoms with Crippen molar-refractivity contribution in [3.05, 3.63) is 89.0 Å². The van der Waals surface area contributed by atoms with Crippen LogP contribution in [0.5, 0.6) is 0 Å². The van der Waals surface area contributed by atoms with Crippen LogP contribution in [0.3, 0.4) is 0 Å². The summed E-state index contributed by atoms with van der Waals surface area (Å²) < 4.78 is 0. The van der Waals surface area contributed by atoms with Crippen molar-refractivity contribution < 1.29 is 9.72 Å². The van der Waals surface area contributed by atoms with E-state index in [9.17, 15) is 14.9 Å². The Hall–Kier alpha value is -3.71. The van der Waals surface area contributed by atoms with Gasteiger partial charge in [0.1, 0.15) is 0 Å². The van der Waals surface area contributed by atoms with Crippen molar-refractivity contribution in [2.45, 2.75) is 0 Å². The van der Waals surface area contributed by atoms with Crippen molar-refractivity contribution in [3.63, 3.8) is 0 Å². The van der Waals surface area contributed by atoms with Crippen LogP contribution in [0.4, 0.5) is 17.1 Å². The molecule has 7 nitrogen and oxygen atoms in total. The Morgan fingerprint density at radius 1 is 0.839 bits per heavy atom. The lowest BCUT2D eigenvalue weighted by Crippen LogP contribution is -2.48. The van der Waals surface area contributed by atoms with E-state index in [-0.39, 0.29) is 11.6 Å². The lowest BCUT2D eigenvalue weighted by atomic mass is 10.1. The van der Waals surface area contributed by atoms with Gasteiger partial charge in [-0.3, -0.25) is 19.8 Å². The van der Waals surface area contributed by atoms with E-state index < -0.39 is 4.92 Å². The number of nitro groups is 1. The number of piperazine rings is 1. The van der Waals surface area contributed by atoms with Gasteiger partial charge in [0.15, 0.2) is 0 Å². The van der Waals surface area contributed by atoms with Crippen LogP contribution in [0.15, 0.2) is 78.9 Å². The molecule has 1 amide bonds. The smallest absolute Gasteiger partial charge is 0.269 e. The SMILES string of the molecule is O=C(CN1CCN(c2ccc([N+](=O)[O-])cc2)CC1)Nc1ccc(-c2ccccc2)cc1. The second-order valence-corrected chi connectivity index (χ2v) is 7.53. The molecule has 0 radical (unpaired) electrons. The van der Waals surface area contributed by atoms with E-state index in [0.717, 1.165) is 48.7 Å². The van der Waals surface area contributed by atoms with Gasteiger partial charge in [0, 0.05) is 49.7 Å². The third kappa shape index (κ3) is 5.26. The van der Waals surface area contributed by atoms with E-state index in [0.29, 0.717) is 6.54 Å². The van der Waals surface area contributed by atoms with Gasteiger partial charge in [-0.05, 0) is 35.4 Å². The van der Waals surface area contributed by atoms with Gasteiger partial charge in [0.25, 0.3) is 5.69 Å². The standard InChI is InChI=1S/C24H24N4O3/c29-24(25-21-8-6-20(7-9-21)19-4-2-1-3-5-19)18-26-14-16-27(17-15-26)22-10-12-23(13-11-22)28(30)31/h1-13H,14-18H2,(H,25,29). The fourth-order valence-electron chi connectivity index (χ4n) is 3.73. The van der Waals surface area contributed by atoms with Crippen molar-refractivity contribution in [2.75, 3.05) is 42.9 Å². The van der Waals surface area contributed by atoms with Gasteiger partial charge in [-0.2, -0.15) is 0 Å². The van der Waals surface area contributed by atoms with E-state index in [1.807, 2.05) is 42.5 Å². The average Bonchev–Trinajstić information content (AvgIpc) is 2.81. The van der Waals surface area contributed by atoms with Crippen LogP contribution < -0.4 is 10.2 Å². The van der Waals surface area contributed by atoms with Gasteiger partial charge < -0.3 is 10.2 Å². The summed E-state index contributed by atoms with van der Waals surface area (Å²) in [4.78, 5) is 27.2. The highest BCUT2D eigenvalue weighted by molar-refractivity contribution is 5.92. The number of benzene rings is 3. The highest BCUT2D eigenvalue weighted by atomic mass is 16.6. The Balaban J connectivity index is 1.26. The molecular formula is C24H24N4O3. The molecule has 1 saturated heterocycles. The number of non-ortho nitro benzene ring substituents is 1. The van der Waals surface area contributed by atoms with Gasteiger partial charge in [-0.1, -0.05) is 42.5 Å². The zero-order chi connectivity index (χ0) is 21.6. The van der Waals surface area contributed by atoms with Crippen LogP contribution in [-0.2, 0) is 4.79 Å². The van der Waals surface area contributed by atoms with Gasteiger partial charge in [-0.15, -0.1) is 0 Å². The normalized spacial score (nSPS) is 14.3. The van der Waals surface area contributed by atoms with E-state index >= 15 is 0 Å². The van der Waals surface area contributed by atoms with Gasteiger partial charge >= 0.3 is 0 Å². The minimum atomic E-state index is -0.393. The van der Waals surface area contributed by atoms with Crippen molar-refractivity contribution >= 4 is 23.0 Å². The van der Waals surface area contributed by atoms with Crippen molar-refractivity contribution in [1.29, 1.82) is 0 Å². The zero-order valence-electron chi connectivity index (χ0n) is 17.1. The predicted octanol–water partition coefficient (Wildman–Crippen LogP) is 4.02. The summed E-state index contributed by atoms with van der Waals surface area (Å²) in [5, 5.41) is 13.8. The van der Waals surface area contributed by atoms with Crippen LogP contribution in [0.25, 0.3) is 11.1 Å². The number of carbonyl (C=O) groups is 1. The molecule has 0 spiro atoms. The number of hydrogen-bond acceptors (Lipinski definition) is 5. The van der Waals surface area contributed by atoms with Crippen molar-refractivity contribution in [1.82, 2.24) is 4.90 Å². The van der Waals surface area contributed by atoms with E-state index in [1.54, 1.807) is 12.1 Å². The topological polar surface area (TPSA) is 78.7 Å². The number of nitrogens with zero attached hydrogens (tertiary/aromatic N) is 3. The zero-order valence-corrected chi connectivity index (χ0v) is 17.1. The summed E-state index contributed by atoms with van der Waals surface area (Å²) in [7, 11) is 0. The Bertz CT molecular complexity index is 1030. The molecule has 158 valence electrons. The lowest BCUT2D eigenvalue weighted by molar-refractivity contribution is -0.384. The Morgan fingerprint density at radius 3 is 2.06 bits per heavy atom. The lowest BCUT2D eigenvalue weighted by Gasteiger charge is -2.35. The summed E-state index contributed by atoms with van der Waals surface area (Å²) in [6, 6.07) is 24.6. The molecule has 1 fully saturated rings. The molecule has 1 aliphatic rings. The van der Waals surface area contributed by atoms with Crippen LogP contribution in [-0.4, -0.2) is 48.5 Å². The third-order valence-electron chi connectivity index (χ3n) is 5.44. The maximum absolute atomic E-state index is 12.5. The monoisotopic (exact) mass is 416 g/mol. The molecule has 4 rings (SSSR count). The van der Waals surface area contributed by atoms with Crippen LogP contribution in [0.1, 0.15) is 0 Å². The maximum atomic E-state index is 12.5. The Kier molecular flexibility index (Phi) is 6.24. The fraction of sp³-hybridized carbons (Fsp3) is 0.208. The molecule has 1 heterocycles. The molecule has 0 saturated carbocycles. The van der Waals surface area contributed by atoms with Crippen LogP contribution in [0.2, 0.25) is 0 Å². The minimum absolute atomic E-state index is 0.0313. The quantitative estimate of drug-likeness (QED) is 0.485. The molecule has 0 aromatic heterocycles. The molecule has 3 aromatic carbocycles. The van der Waals surface area contributed by atoms with Crippen LogP contribution in [0, 0.1) is 10.1 Å². The third-order valence-corrected chi connectivity index (χ3v) is 5.44. The fourth-order valence-corrected chi connectivity index (χ4v) is 3.73. The summed E-state index contributed by atoms with van der Waals surface area (Å²) in [5.41, 5.74) is 4.10. The van der Waals surface area contributed by atoms with Gasteiger partial charge in [0.05, 0.1) is 11.5 Å². The number of nitro benzene ring substituents is 1. The molecule has 31 heavy (non-hydrogen) atoms. The molecular weight excluding hydrogens is 392 g/mol. The molecule has 1 aliphatic heterocycles. The summed E-state index contributed by atoms with van der Waals surface area (Å²) >= 11 is 0. The largest absolute Gasteiger partial charge is 0.369 e. The molecule has 0 atom stereocenters. The number of hydrogen-bond donors (Lipinski definition) is 1. The molecule has 0 aliphatic carbocycles. The number of carbonyl (C=O) groups excluding carboxylic acids is 1. The van der Waals surface area contributed by atoms with E-state index in [4.69, 9.17) is 0 Å². The van der Waals surface area contributed by atoms with Crippen molar-refractivity contribution in [3.8, 4) is 11.1 Å². The molecule has 0 bridgehead atoms. The first kappa shape index (κ1) is 20.6. The minimum Gasteiger partial charge on any atom is -0.369 e. The highest BCUT2D eigenvalue weighted by Crippen LogP contribution is 2.22. The van der Waals surface area contributed by atoms with Gasteiger partial charge in [0.2, 0.25) is 5.91 Å². The average molecular weight is 416 g/mol. The molecule has 7 heteroatoms. The second-order valence-electron chi connectivity index (χ2n) is 7.53. The first-order valence-electron chi connectivity index (χ1n) is 10.3. The second kappa shape index (κ2) is 9.40. The first-order valence-corrected chi connectivity index (χ1v) is 10.3. The highest BCUT2D eigenvalue weighted by Gasteiger charge is 2.20. The maximum Gasteiger partial charge on any atom is 0.269 e. The molecule has 3 aromatic rings. The number of anilines is 2. The number of amides is 1. The van der Waals surface area contributed by atoms with Crippen LogP contribution >= 0.6 is 0 Å². The molecule has 1 N–H and O–H groups in total. The number of rotatable bonds is 6. The van der Waals surface area contributed by atoms with E-state index in [1.165, 1.54) is 12.1 Å². The molecule has 0 unspecified atom stereocenters. The Labute approximate surface area is 181 Å². The predicted molar refractivity (Wildman–Crippen MR) is 122 cm³/mol. The summed E-state index contributed by atoms with van der Waals surface area (Å²) in [6.07, 6.45) is 0. The summed E-state index contributed by atoms with van der Waals surface area (Å²) in [6.45, 7) is 3.41. The van der Waals surface area contributed by atoms with E-state index in [2.05, 4.69) is 27.2 Å². The number of nitrogens with one attached hydrogen (secondary N) is 1. The Morgan fingerprint density at radius 2 is 1.45 bits per heavy atom. The first-order chi connectivity index (χ1) is 15.1. The van der Waals surface area contributed by atoms with Crippen molar-refractivity contribution in [2.24, 2.45) is 0 Å². The van der Waals surface area contributed by atoms with Gasteiger partial charge in [-0.25, -0.2) is 0 Å². The summed E-state index contributed by atoms with van der Waals surface area (Å²) in [5.74, 6) is -0.0313.